The van der Waals surface area contributed by atoms with Crippen LogP contribution in [0, 0.1) is 17.8 Å². The van der Waals surface area contributed by atoms with Gasteiger partial charge < -0.3 is 5.73 Å². The summed E-state index contributed by atoms with van der Waals surface area (Å²) in [7, 11) is 0. The molecule has 1 heterocycles. The largest absolute Gasteiger partial charge is 0.330 e. The Labute approximate surface area is 108 Å². The third-order valence-electron chi connectivity index (χ3n) is 5.11. The highest BCUT2D eigenvalue weighted by Gasteiger charge is 2.48. The molecule has 1 aliphatic heterocycles. The molecular formula is C14H22N2O2. The fraction of sp³-hybridized carbons (Fsp3) is 0.857. The third kappa shape index (κ3) is 1.78. The van der Waals surface area contributed by atoms with Crippen molar-refractivity contribution in [2.45, 2.75) is 51.0 Å². The molecule has 4 atom stereocenters. The average molecular weight is 250 g/mol. The van der Waals surface area contributed by atoms with Crippen LogP contribution in [0.3, 0.4) is 0 Å². The Hall–Kier alpha value is -0.900. The minimum absolute atomic E-state index is 0.0900. The zero-order valence-corrected chi connectivity index (χ0v) is 10.8. The van der Waals surface area contributed by atoms with Gasteiger partial charge >= 0.3 is 0 Å². The summed E-state index contributed by atoms with van der Waals surface area (Å²) in [6, 6.07) is 0.0900. The van der Waals surface area contributed by atoms with Crippen molar-refractivity contribution in [3.05, 3.63) is 0 Å². The first kappa shape index (κ1) is 12.2. The predicted molar refractivity (Wildman–Crippen MR) is 67.5 cm³/mol. The number of imide groups is 1. The Morgan fingerprint density at radius 1 is 1.00 bits per heavy atom. The fourth-order valence-electron chi connectivity index (χ4n) is 4.06. The summed E-state index contributed by atoms with van der Waals surface area (Å²) < 4.78 is 0. The topological polar surface area (TPSA) is 63.4 Å². The van der Waals surface area contributed by atoms with Gasteiger partial charge in [0.2, 0.25) is 11.8 Å². The van der Waals surface area contributed by atoms with E-state index in [9.17, 15) is 9.59 Å². The molecule has 2 aliphatic carbocycles. The fourth-order valence-corrected chi connectivity index (χ4v) is 4.06. The first-order valence-corrected chi connectivity index (χ1v) is 7.29. The minimum atomic E-state index is 0.0900. The van der Waals surface area contributed by atoms with Crippen LogP contribution in [-0.2, 0) is 9.59 Å². The van der Waals surface area contributed by atoms with Crippen molar-refractivity contribution in [3.8, 4) is 0 Å². The van der Waals surface area contributed by atoms with Crippen LogP contribution in [0.25, 0.3) is 0 Å². The van der Waals surface area contributed by atoms with Crippen molar-refractivity contribution in [1.29, 1.82) is 0 Å². The van der Waals surface area contributed by atoms with Crippen molar-refractivity contribution in [1.82, 2.24) is 4.90 Å². The SMILES string of the molecule is NCC1CCCCC1N1C(=O)C2CCC(C2)C1=O. The summed E-state index contributed by atoms with van der Waals surface area (Å²) in [5, 5.41) is 0. The smallest absolute Gasteiger partial charge is 0.232 e. The number of hydrogen-bond acceptors (Lipinski definition) is 3. The molecule has 1 saturated heterocycles. The first-order chi connectivity index (χ1) is 8.72. The monoisotopic (exact) mass is 250 g/mol. The molecule has 0 aromatic rings. The molecule has 3 fully saturated rings. The molecule has 3 aliphatic rings. The van der Waals surface area contributed by atoms with E-state index in [2.05, 4.69) is 0 Å². The Bertz CT molecular complexity index is 347. The Morgan fingerprint density at radius 2 is 1.61 bits per heavy atom. The summed E-state index contributed by atoms with van der Waals surface area (Å²) >= 11 is 0. The molecule has 2 N–H and O–H groups in total. The number of fused-ring (bicyclic) bond motifs is 2. The second-order valence-electron chi connectivity index (χ2n) is 6.10. The summed E-state index contributed by atoms with van der Waals surface area (Å²) in [6.45, 7) is 0.594. The Balaban J connectivity index is 1.85. The molecule has 2 saturated carbocycles. The number of carbonyl (C=O) groups excluding carboxylic acids is 2. The van der Waals surface area contributed by atoms with Crippen LogP contribution in [0.4, 0.5) is 0 Å². The van der Waals surface area contributed by atoms with E-state index < -0.39 is 0 Å². The molecule has 0 aromatic carbocycles. The maximum Gasteiger partial charge on any atom is 0.232 e. The van der Waals surface area contributed by atoms with Gasteiger partial charge in [-0.1, -0.05) is 12.8 Å². The van der Waals surface area contributed by atoms with E-state index in [1.165, 1.54) is 6.42 Å². The van der Waals surface area contributed by atoms with E-state index in [0.717, 1.165) is 38.5 Å². The Morgan fingerprint density at radius 3 is 2.22 bits per heavy atom. The lowest BCUT2D eigenvalue weighted by molar-refractivity contribution is -0.158. The standard InChI is InChI=1S/C14H22N2O2/c15-8-11-3-1-2-4-12(11)16-13(17)9-5-6-10(7-9)14(16)18/h9-12H,1-8,15H2. The predicted octanol–water partition coefficient (Wildman–Crippen LogP) is 1.29. The summed E-state index contributed by atoms with van der Waals surface area (Å²) in [4.78, 5) is 26.5. The molecule has 100 valence electrons. The summed E-state index contributed by atoms with van der Waals surface area (Å²) in [5.74, 6) is 0.753. The normalized spacial score (nSPS) is 40.4. The number of piperidine rings is 1. The van der Waals surface area contributed by atoms with E-state index in [1.807, 2.05) is 0 Å². The molecule has 4 nitrogen and oxygen atoms in total. The lowest BCUT2D eigenvalue weighted by atomic mass is 9.81. The van der Waals surface area contributed by atoms with Crippen LogP contribution < -0.4 is 5.73 Å². The lowest BCUT2D eigenvalue weighted by Crippen LogP contribution is -2.55. The van der Waals surface area contributed by atoms with E-state index in [4.69, 9.17) is 5.73 Å². The number of hydrogen-bond donors (Lipinski definition) is 1. The van der Waals surface area contributed by atoms with Crippen molar-refractivity contribution >= 4 is 11.8 Å². The average Bonchev–Trinajstić information content (AvgIpc) is 2.84. The second kappa shape index (κ2) is 4.65. The van der Waals surface area contributed by atoms with Gasteiger partial charge in [0.05, 0.1) is 0 Å². The quantitative estimate of drug-likeness (QED) is 0.751. The molecular weight excluding hydrogens is 228 g/mol. The number of rotatable bonds is 2. The van der Waals surface area contributed by atoms with Gasteiger partial charge in [0.1, 0.15) is 0 Å². The van der Waals surface area contributed by atoms with Crippen LogP contribution in [0.15, 0.2) is 0 Å². The molecule has 4 heteroatoms. The lowest BCUT2D eigenvalue weighted by Gasteiger charge is -2.41. The maximum atomic E-state index is 12.4. The molecule has 4 unspecified atom stereocenters. The summed E-state index contributed by atoms with van der Waals surface area (Å²) in [5.41, 5.74) is 5.83. The Kier molecular flexibility index (Phi) is 3.14. The number of nitrogens with zero attached hydrogens (tertiary/aromatic N) is 1. The molecule has 0 aromatic heterocycles. The van der Waals surface area contributed by atoms with Gasteiger partial charge in [-0.15, -0.1) is 0 Å². The van der Waals surface area contributed by atoms with Crippen LogP contribution in [-0.4, -0.2) is 29.3 Å². The zero-order valence-electron chi connectivity index (χ0n) is 10.8. The van der Waals surface area contributed by atoms with Gasteiger partial charge in [0.15, 0.2) is 0 Å². The molecule has 0 radical (unpaired) electrons. The van der Waals surface area contributed by atoms with Gasteiger partial charge in [0.25, 0.3) is 0 Å². The number of carbonyl (C=O) groups is 2. The molecule has 0 spiro atoms. The van der Waals surface area contributed by atoms with Crippen LogP contribution in [0.1, 0.15) is 44.9 Å². The van der Waals surface area contributed by atoms with Crippen LogP contribution >= 0.6 is 0 Å². The molecule has 3 rings (SSSR count). The van der Waals surface area contributed by atoms with E-state index in [1.54, 1.807) is 4.90 Å². The van der Waals surface area contributed by atoms with Gasteiger partial charge in [0, 0.05) is 17.9 Å². The molecule has 18 heavy (non-hydrogen) atoms. The van der Waals surface area contributed by atoms with Crippen molar-refractivity contribution < 1.29 is 9.59 Å². The minimum Gasteiger partial charge on any atom is -0.330 e. The number of likely N-dealkylation sites (tertiary alicyclic amines) is 1. The summed E-state index contributed by atoms with van der Waals surface area (Å²) in [6.07, 6.45) is 6.94. The van der Waals surface area contributed by atoms with Crippen molar-refractivity contribution in [2.24, 2.45) is 23.5 Å². The van der Waals surface area contributed by atoms with Crippen LogP contribution in [0.5, 0.6) is 0 Å². The van der Waals surface area contributed by atoms with Gasteiger partial charge in [-0.2, -0.15) is 0 Å². The highest BCUT2D eigenvalue weighted by Crippen LogP contribution is 2.41. The van der Waals surface area contributed by atoms with Crippen molar-refractivity contribution in [2.75, 3.05) is 6.54 Å². The van der Waals surface area contributed by atoms with E-state index in [-0.39, 0.29) is 29.7 Å². The van der Waals surface area contributed by atoms with Crippen molar-refractivity contribution in [3.63, 3.8) is 0 Å². The number of nitrogens with two attached hydrogens (primary N) is 1. The maximum absolute atomic E-state index is 12.4. The highest BCUT2D eigenvalue weighted by atomic mass is 16.2. The second-order valence-corrected chi connectivity index (χ2v) is 6.10. The third-order valence-corrected chi connectivity index (χ3v) is 5.11. The molecule has 2 amide bonds. The van der Waals surface area contributed by atoms with Crippen LogP contribution in [0.2, 0.25) is 0 Å². The van der Waals surface area contributed by atoms with Gasteiger partial charge in [-0.05, 0) is 44.6 Å². The van der Waals surface area contributed by atoms with Gasteiger partial charge in [-0.25, -0.2) is 0 Å². The van der Waals surface area contributed by atoms with Gasteiger partial charge in [-0.3, -0.25) is 14.5 Å². The molecule has 2 bridgehead atoms. The van der Waals surface area contributed by atoms with E-state index >= 15 is 0 Å². The first-order valence-electron chi connectivity index (χ1n) is 7.29. The highest BCUT2D eigenvalue weighted by molar-refractivity contribution is 6.01. The number of amides is 2. The van der Waals surface area contributed by atoms with E-state index in [0.29, 0.717) is 12.5 Å². The zero-order chi connectivity index (χ0) is 12.7.